The normalized spacial score (nSPS) is 11.2. The van der Waals surface area contributed by atoms with Crippen LogP contribution in [0.25, 0.3) is 6.08 Å². The van der Waals surface area contributed by atoms with E-state index >= 15 is 0 Å². The van der Waals surface area contributed by atoms with Crippen molar-refractivity contribution in [2.45, 2.75) is 26.2 Å². The predicted octanol–water partition coefficient (Wildman–Crippen LogP) is 2.24. The van der Waals surface area contributed by atoms with Gasteiger partial charge in [-0.25, -0.2) is 4.79 Å². The Labute approximate surface area is 139 Å². The van der Waals surface area contributed by atoms with Crippen LogP contribution in [0, 0.1) is 0 Å². The van der Waals surface area contributed by atoms with Crippen LogP contribution in [0.15, 0.2) is 46.1 Å². The van der Waals surface area contributed by atoms with E-state index in [-0.39, 0.29) is 18.0 Å². The van der Waals surface area contributed by atoms with Crippen LogP contribution in [0.2, 0.25) is 0 Å². The van der Waals surface area contributed by atoms with Crippen LogP contribution < -0.4 is 16.6 Å². The molecule has 0 fully saturated rings. The van der Waals surface area contributed by atoms with Gasteiger partial charge in [-0.2, -0.15) is 0 Å². The second-order valence-corrected chi connectivity index (χ2v) is 5.89. The molecule has 1 amide bonds. The van der Waals surface area contributed by atoms with E-state index in [1.807, 2.05) is 18.2 Å². The molecule has 0 aliphatic carbocycles. The van der Waals surface area contributed by atoms with Crippen LogP contribution in [-0.4, -0.2) is 15.5 Å². The zero-order chi connectivity index (χ0) is 17.7. The van der Waals surface area contributed by atoms with Gasteiger partial charge < -0.3 is 9.88 Å². The van der Waals surface area contributed by atoms with Crippen molar-refractivity contribution in [2.75, 3.05) is 5.32 Å². The number of hydrogen-bond donors (Lipinski definition) is 2. The van der Waals surface area contributed by atoms with Gasteiger partial charge in [-0.1, -0.05) is 50.3 Å². The van der Waals surface area contributed by atoms with E-state index in [9.17, 15) is 14.4 Å². The van der Waals surface area contributed by atoms with Crippen molar-refractivity contribution in [1.82, 2.24) is 9.55 Å². The summed E-state index contributed by atoms with van der Waals surface area (Å²) in [4.78, 5) is 36.9. The van der Waals surface area contributed by atoms with Crippen molar-refractivity contribution in [2.24, 2.45) is 7.05 Å². The number of H-pyrrole nitrogens is 1. The average Bonchev–Trinajstić information content (AvgIpc) is 2.53. The monoisotopic (exact) mass is 327 g/mol. The molecule has 2 rings (SSSR count). The molecular weight excluding hydrogens is 306 g/mol. The zero-order valence-electron chi connectivity index (χ0n) is 14.0. The lowest BCUT2D eigenvalue weighted by Crippen LogP contribution is -2.30. The molecule has 0 radical (unpaired) electrons. The Morgan fingerprint density at radius 3 is 2.54 bits per heavy atom. The fourth-order valence-corrected chi connectivity index (χ4v) is 2.15. The molecule has 6 heteroatoms. The summed E-state index contributed by atoms with van der Waals surface area (Å²) in [6.45, 7) is 4.27. The summed E-state index contributed by atoms with van der Waals surface area (Å²) in [6.07, 6.45) is 5.02. The first-order chi connectivity index (χ1) is 11.4. The highest BCUT2D eigenvalue weighted by atomic mass is 16.2. The fourth-order valence-electron chi connectivity index (χ4n) is 2.15. The van der Waals surface area contributed by atoms with Crippen molar-refractivity contribution in [3.63, 3.8) is 0 Å². The maximum atomic E-state index is 11.9. The lowest BCUT2D eigenvalue weighted by atomic mass is 10.0. The highest BCUT2D eigenvalue weighted by Crippen LogP contribution is 2.15. The number of amides is 1. The molecule has 0 saturated carbocycles. The Balaban J connectivity index is 1.97. The molecule has 0 aliphatic rings. The van der Waals surface area contributed by atoms with Gasteiger partial charge in [0, 0.05) is 19.7 Å². The maximum absolute atomic E-state index is 11.9. The third-order valence-corrected chi connectivity index (χ3v) is 3.60. The number of hydrogen-bond acceptors (Lipinski definition) is 3. The Morgan fingerprint density at radius 1 is 1.25 bits per heavy atom. The van der Waals surface area contributed by atoms with E-state index in [1.165, 1.54) is 23.4 Å². The van der Waals surface area contributed by atoms with Gasteiger partial charge in [0.15, 0.2) is 0 Å². The van der Waals surface area contributed by atoms with Crippen molar-refractivity contribution < 1.29 is 4.79 Å². The van der Waals surface area contributed by atoms with Gasteiger partial charge in [0.2, 0.25) is 5.91 Å². The van der Waals surface area contributed by atoms with Crippen molar-refractivity contribution in [3.05, 3.63) is 68.5 Å². The molecule has 0 unspecified atom stereocenters. The third kappa shape index (κ3) is 4.55. The average molecular weight is 327 g/mol. The van der Waals surface area contributed by atoms with E-state index in [0.717, 1.165) is 5.56 Å². The maximum Gasteiger partial charge on any atom is 0.328 e. The minimum Gasteiger partial charge on any atom is -0.320 e. The number of aryl methyl sites for hydroxylation is 1. The van der Waals surface area contributed by atoms with Crippen LogP contribution in [0.3, 0.4) is 0 Å². The van der Waals surface area contributed by atoms with Gasteiger partial charge in [0.05, 0.1) is 0 Å². The Bertz CT molecular complexity index is 858. The number of carbonyl (C=O) groups excluding carboxylic acids is 1. The van der Waals surface area contributed by atoms with Gasteiger partial charge in [0.25, 0.3) is 5.56 Å². The van der Waals surface area contributed by atoms with Crippen LogP contribution in [0.4, 0.5) is 5.69 Å². The molecule has 0 aliphatic heterocycles. The highest BCUT2D eigenvalue weighted by Gasteiger charge is 2.06. The summed E-state index contributed by atoms with van der Waals surface area (Å²) in [5.74, 6) is 0.155. The SMILES string of the molecule is CC(C)c1ccc(/C=C/CC(=O)Nc2cn(C)c(=O)[nH]c2=O)cc1. The summed E-state index contributed by atoms with van der Waals surface area (Å²) in [5, 5.41) is 2.49. The minimum absolute atomic E-state index is 0.0526. The molecule has 0 spiro atoms. The summed E-state index contributed by atoms with van der Waals surface area (Å²) in [6, 6.07) is 8.13. The number of aromatic nitrogens is 2. The largest absolute Gasteiger partial charge is 0.328 e. The molecule has 6 nitrogen and oxygen atoms in total. The number of carbonyl (C=O) groups is 1. The highest BCUT2D eigenvalue weighted by molar-refractivity contribution is 5.91. The summed E-state index contributed by atoms with van der Waals surface area (Å²) in [7, 11) is 1.49. The van der Waals surface area contributed by atoms with Gasteiger partial charge in [-0.15, -0.1) is 0 Å². The molecule has 1 aromatic heterocycles. The van der Waals surface area contributed by atoms with E-state index in [4.69, 9.17) is 0 Å². The second kappa shape index (κ2) is 7.59. The molecule has 1 aromatic carbocycles. The quantitative estimate of drug-likeness (QED) is 0.883. The topological polar surface area (TPSA) is 84.0 Å². The van der Waals surface area contributed by atoms with Gasteiger partial charge in [0.1, 0.15) is 5.69 Å². The fraction of sp³-hybridized carbons (Fsp3) is 0.278. The first kappa shape index (κ1) is 17.5. The number of benzene rings is 1. The molecular formula is C18H21N3O3. The van der Waals surface area contributed by atoms with Gasteiger partial charge in [-0.05, 0) is 17.0 Å². The number of nitrogens with one attached hydrogen (secondary N) is 2. The minimum atomic E-state index is -0.611. The molecule has 1 heterocycles. The smallest absolute Gasteiger partial charge is 0.320 e. The number of anilines is 1. The first-order valence-electron chi connectivity index (χ1n) is 7.73. The predicted molar refractivity (Wildman–Crippen MR) is 95.1 cm³/mol. The molecule has 0 saturated heterocycles. The van der Waals surface area contributed by atoms with Crippen LogP contribution in [-0.2, 0) is 11.8 Å². The van der Waals surface area contributed by atoms with Crippen molar-refractivity contribution in [1.29, 1.82) is 0 Å². The zero-order valence-corrected chi connectivity index (χ0v) is 14.0. The van der Waals surface area contributed by atoms with Crippen LogP contribution in [0.5, 0.6) is 0 Å². The standard InChI is InChI=1S/C18H21N3O3/c1-12(2)14-9-7-13(8-10-14)5-4-6-16(22)19-15-11-21(3)18(24)20-17(15)23/h4-5,7-12H,6H2,1-3H3,(H,19,22)(H,20,23,24)/b5-4+. The molecule has 2 aromatic rings. The molecule has 126 valence electrons. The first-order valence-corrected chi connectivity index (χ1v) is 7.73. The van der Waals surface area contributed by atoms with Crippen LogP contribution >= 0.6 is 0 Å². The molecule has 0 bridgehead atoms. The van der Waals surface area contributed by atoms with Crippen molar-refractivity contribution in [3.8, 4) is 0 Å². The summed E-state index contributed by atoms with van der Waals surface area (Å²) in [5.41, 5.74) is 1.19. The van der Waals surface area contributed by atoms with Gasteiger partial charge >= 0.3 is 5.69 Å². The molecule has 0 atom stereocenters. The number of rotatable bonds is 5. The molecule has 2 N–H and O–H groups in total. The van der Waals surface area contributed by atoms with Crippen LogP contribution in [0.1, 0.15) is 37.3 Å². The number of nitrogens with zero attached hydrogens (tertiary/aromatic N) is 1. The second-order valence-electron chi connectivity index (χ2n) is 5.89. The lowest BCUT2D eigenvalue weighted by Gasteiger charge is -2.05. The Kier molecular flexibility index (Phi) is 5.52. The van der Waals surface area contributed by atoms with E-state index in [0.29, 0.717) is 5.92 Å². The van der Waals surface area contributed by atoms with E-state index in [1.54, 1.807) is 6.08 Å². The third-order valence-electron chi connectivity index (χ3n) is 3.60. The summed E-state index contributed by atoms with van der Waals surface area (Å²) < 4.78 is 1.20. The lowest BCUT2D eigenvalue weighted by molar-refractivity contribution is -0.115. The Hall–Kier alpha value is -2.89. The molecule has 24 heavy (non-hydrogen) atoms. The Morgan fingerprint density at radius 2 is 1.92 bits per heavy atom. The number of aromatic amines is 1. The summed E-state index contributed by atoms with van der Waals surface area (Å²) >= 11 is 0. The van der Waals surface area contributed by atoms with E-state index < -0.39 is 11.2 Å². The van der Waals surface area contributed by atoms with Crippen molar-refractivity contribution >= 4 is 17.7 Å². The van der Waals surface area contributed by atoms with E-state index in [2.05, 4.69) is 36.3 Å². The van der Waals surface area contributed by atoms with Gasteiger partial charge in [-0.3, -0.25) is 14.6 Å².